The van der Waals surface area contributed by atoms with Crippen LogP contribution in [0.2, 0.25) is 0 Å². The van der Waals surface area contributed by atoms with E-state index in [4.69, 9.17) is 0 Å². The number of rotatable bonds is 1. The van der Waals surface area contributed by atoms with Crippen molar-refractivity contribution >= 4 is 5.71 Å². The van der Waals surface area contributed by atoms with Crippen molar-refractivity contribution in [3.8, 4) is 23.4 Å². The number of nitrogens with zero attached hydrogens (tertiary/aromatic N) is 3. The average Bonchev–Trinajstić information content (AvgIpc) is 2.94. The van der Waals surface area contributed by atoms with Gasteiger partial charge in [-0.2, -0.15) is 15.5 Å². The Morgan fingerprint density at radius 1 is 1.03 bits per heavy atom. The van der Waals surface area contributed by atoms with Crippen LogP contribution in [0.15, 0.2) is 71.3 Å². The molecule has 2 aromatic rings. The van der Waals surface area contributed by atoms with E-state index in [2.05, 4.69) is 53.7 Å². The van der Waals surface area contributed by atoms with Crippen molar-refractivity contribution in [1.29, 1.82) is 10.5 Å². The Bertz CT molecular complexity index is 1190. The molecule has 0 bridgehead atoms. The van der Waals surface area contributed by atoms with Crippen LogP contribution in [0.1, 0.15) is 48.8 Å². The third-order valence-corrected chi connectivity index (χ3v) is 7.02. The summed E-state index contributed by atoms with van der Waals surface area (Å²) in [5.74, 6) is 0.644. The van der Waals surface area contributed by atoms with Gasteiger partial charge >= 0.3 is 0 Å². The lowest BCUT2D eigenvalue weighted by atomic mass is 9.74. The first-order valence-corrected chi connectivity index (χ1v) is 10.7. The van der Waals surface area contributed by atoms with Gasteiger partial charge in [0.1, 0.15) is 0 Å². The molecule has 2 aromatic carbocycles. The van der Waals surface area contributed by atoms with E-state index in [0.29, 0.717) is 11.5 Å². The highest BCUT2D eigenvalue weighted by atomic mass is 14.8. The van der Waals surface area contributed by atoms with Gasteiger partial charge < -0.3 is 0 Å². The smallest absolute Gasteiger partial charge is 0.192 e. The molecule has 0 radical (unpaired) electrons. The summed E-state index contributed by atoms with van der Waals surface area (Å²) in [6, 6.07) is 16.4. The van der Waals surface area contributed by atoms with E-state index in [-0.39, 0.29) is 5.41 Å². The van der Waals surface area contributed by atoms with Gasteiger partial charge in [-0.05, 0) is 72.9 Å². The molecule has 2 atom stereocenters. The van der Waals surface area contributed by atoms with E-state index >= 15 is 0 Å². The maximum atomic E-state index is 9.52. The van der Waals surface area contributed by atoms with Crippen molar-refractivity contribution in [1.82, 2.24) is 0 Å². The Morgan fingerprint density at radius 3 is 2.80 bits per heavy atom. The van der Waals surface area contributed by atoms with Crippen molar-refractivity contribution < 1.29 is 0 Å². The normalized spacial score (nSPS) is 25.7. The molecule has 3 nitrogen and oxygen atoms in total. The Labute approximate surface area is 177 Å². The minimum atomic E-state index is -0.0725. The zero-order valence-corrected chi connectivity index (χ0v) is 16.9. The standard InChI is InChI=1S/C27H23N3/c28-17-19-5-3-8-21(13-19)22-10-11-24-16-27(26(30-18-29)25(24)14-22)12-4-9-20-6-1-2-7-23(20)15-27/h1-3,5,7-8,10-11,13-14,20H,4,6,9,12,15-16H2/b30-26+. The first-order valence-electron chi connectivity index (χ1n) is 10.7. The van der Waals surface area contributed by atoms with E-state index in [1.165, 1.54) is 24.0 Å². The average molecular weight is 390 g/mol. The van der Waals surface area contributed by atoms with E-state index in [1.54, 1.807) is 0 Å². The van der Waals surface area contributed by atoms with Crippen LogP contribution >= 0.6 is 0 Å². The third-order valence-electron chi connectivity index (χ3n) is 7.02. The van der Waals surface area contributed by atoms with Gasteiger partial charge in [-0.15, -0.1) is 0 Å². The largest absolute Gasteiger partial charge is 0.205 e. The van der Waals surface area contributed by atoms with Gasteiger partial charge in [0.15, 0.2) is 0 Å². The lowest BCUT2D eigenvalue weighted by molar-refractivity contribution is 0.395. The Balaban J connectivity index is 1.58. The fourth-order valence-electron chi connectivity index (χ4n) is 5.61. The van der Waals surface area contributed by atoms with E-state index in [0.717, 1.165) is 48.1 Å². The molecule has 30 heavy (non-hydrogen) atoms. The van der Waals surface area contributed by atoms with Gasteiger partial charge in [-0.25, -0.2) is 0 Å². The van der Waals surface area contributed by atoms with Gasteiger partial charge in [-0.1, -0.05) is 54.5 Å². The lowest BCUT2D eigenvalue weighted by Crippen LogP contribution is -2.29. The molecule has 0 saturated heterocycles. The highest BCUT2D eigenvalue weighted by Crippen LogP contribution is 2.51. The minimum absolute atomic E-state index is 0.0725. The van der Waals surface area contributed by atoms with Crippen LogP contribution in [0.4, 0.5) is 0 Å². The van der Waals surface area contributed by atoms with Crippen LogP contribution in [0.3, 0.4) is 0 Å². The number of benzene rings is 2. The summed E-state index contributed by atoms with van der Waals surface area (Å²) in [5, 5.41) is 18.8. The molecule has 0 aromatic heterocycles. The Hall–Kier alpha value is -3.43. The second-order valence-electron chi connectivity index (χ2n) is 8.75. The van der Waals surface area contributed by atoms with Crippen molar-refractivity contribution in [3.05, 3.63) is 83.0 Å². The van der Waals surface area contributed by atoms with Crippen LogP contribution in [-0.4, -0.2) is 5.71 Å². The monoisotopic (exact) mass is 389 g/mol. The Kier molecular flexibility index (Phi) is 4.61. The molecular weight excluding hydrogens is 366 g/mol. The molecule has 0 heterocycles. The topological polar surface area (TPSA) is 59.9 Å². The maximum absolute atomic E-state index is 9.52. The molecule has 146 valence electrons. The summed E-state index contributed by atoms with van der Waals surface area (Å²) in [4.78, 5) is 4.41. The van der Waals surface area contributed by atoms with Crippen molar-refractivity contribution in [2.75, 3.05) is 0 Å². The summed E-state index contributed by atoms with van der Waals surface area (Å²) >= 11 is 0. The summed E-state index contributed by atoms with van der Waals surface area (Å²) < 4.78 is 0. The zero-order valence-electron chi connectivity index (χ0n) is 16.9. The highest BCUT2D eigenvalue weighted by molar-refractivity contribution is 6.10. The second kappa shape index (κ2) is 7.43. The fourth-order valence-corrected chi connectivity index (χ4v) is 5.61. The molecule has 3 aliphatic carbocycles. The predicted molar refractivity (Wildman–Crippen MR) is 119 cm³/mol. The summed E-state index contributed by atoms with van der Waals surface area (Å²) in [7, 11) is 0. The minimum Gasteiger partial charge on any atom is -0.192 e. The van der Waals surface area contributed by atoms with Crippen molar-refractivity contribution in [3.63, 3.8) is 0 Å². The molecule has 1 fully saturated rings. The molecule has 0 aliphatic heterocycles. The van der Waals surface area contributed by atoms with Crippen molar-refractivity contribution in [2.45, 2.75) is 38.5 Å². The van der Waals surface area contributed by atoms with Crippen LogP contribution in [-0.2, 0) is 6.42 Å². The molecule has 5 rings (SSSR count). The number of hydrogen-bond acceptors (Lipinski definition) is 3. The molecule has 3 heteroatoms. The van der Waals surface area contributed by atoms with Crippen molar-refractivity contribution in [2.24, 2.45) is 16.3 Å². The Morgan fingerprint density at radius 2 is 1.93 bits per heavy atom. The molecule has 0 amide bonds. The fraction of sp³-hybridized carbons (Fsp3) is 0.296. The number of hydrogen-bond donors (Lipinski definition) is 0. The molecular formula is C27H23N3. The highest BCUT2D eigenvalue weighted by Gasteiger charge is 2.45. The van der Waals surface area contributed by atoms with Gasteiger partial charge in [0.25, 0.3) is 0 Å². The van der Waals surface area contributed by atoms with Gasteiger partial charge in [-0.3, -0.25) is 0 Å². The molecule has 1 spiro atoms. The summed E-state index contributed by atoms with van der Waals surface area (Å²) in [6.07, 6.45) is 15.4. The van der Waals surface area contributed by atoms with E-state index in [9.17, 15) is 10.5 Å². The third kappa shape index (κ3) is 3.08. The van der Waals surface area contributed by atoms with Crippen LogP contribution in [0.25, 0.3) is 11.1 Å². The zero-order chi connectivity index (χ0) is 20.6. The molecule has 3 aliphatic rings. The first kappa shape index (κ1) is 18.6. The maximum Gasteiger partial charge on any atom is 0.205 e. The van der Waals surface area contributed by atoms with E-state index < -0.39 is 0 Å². The summed E-state index contributed by atoms with van der Waals surface area (Å²) in [5.41, 5.74) is 7.57. The number of allylic oxidation sites excluding steroid dienone is 4. The van der Waals surface area contributed by atoms with Crippen LogP contribution in [0, 0.1) is 34.1 Å². The molecule has 2 unspecified atom stereocenters. The van der Waals surface area contributed by atoms with Gasteiger partial charge in [0, 0.05) is 11.0 Å². The van der Waals surface area contributed by atoms with Gasteiger partial charge in [0.2, 0.25) is 6.19 Å². The number of fused-ring (bicyclic) bond motifs is 2. The van der Waals surface area contributed by atoms with Crippen LogP contribution < -0.4 is 0 Å². The number of aliphatic imine (C=N–C) groups is 1. The van der Waals surface area contributed by atoms with Crippen LogP contribution in [0.5, 0.6) is 0 Å². The number of nitriles is 2. The SMILES string of the molecule is N#C/N=C1\c2cc(-c3cccc(C#N)c3)ccc2CC12CCCC1CC=CC=C1C2. The second-order valence-corrected chi connectivity index (χ2v) is 8.75. The van der Waals surface area contributed by atoms with E-state index in [1.807, 2.05) is 24.3 Å². The molecule has 0 N–H and O–H groups in total. The predicted octanol–water partition coefficient (Wildman–Crippen LogP) is 6.11. The molecule has 1 saturated carbocycles. The summed E-state index contributed by atoms with van der Waals surface area (Å²) in [6.45, 7) is 0. The quantitative estimate of drug-likeness (QED) is 0.552. The first-order chi connectivity index (χ1) is 14.7. The van der Waals surface area contributed by atoms with Gasteiger partial charge in [0.05, 0.1) is 17.3 Å². The lowest BCUT2D eigenvalue weighted by Gasteiger charge is -2.30.